The van der Waals surface area contributed by atoms with E-state index in [2.05, 4.69) is 9.88 Å². The molecule has 1 N–H and O–H groups in total. The highest BCUT2D eigenvalue weighted by Crippen LogP contribution is 2.27. The largest absolute Gasteiger partial charge is 0.508 e. The van der Waals surface area contributed by atoms with Gasteiger partial charge in [0.2, 0.25) is 0 Å². The molecule has 0 aliphatic carbocycles. The summed E-state index contributed by atoms with van der Waals surface area (Å²) in [4.78, 5) is 12.7. The van der Waals surface area contributed by atoms with Crippen molar-refractivity contribution in [2.75, 3.05) is 6.54 Å². The van der Waals surface area contributed by atoms with Crippen LogP contribution in [0.5, 0.6) is 5.75 Å². The van der Waals surface area contributed by atoms with E-state index in [0.717, 1.165) is 48.0 Å². The first kappa shape index (κ1) is 15.6. The van der Waals surface area contributed by atoms with Crippen LogP contribution >= 0.6 is 22.9 Å². The molecule has 0 atom stereocenters. The third-order valence-electron chi connectivity index (χ3n) is 4.19. The highest BCUT2D eigenvalue weighted by atomic mass is 35.5. The number of phenols is 1. The Morgan fingerprint density at radius 1 is 1.29 bits per heavy atom. The van der Waals surface area contributed by atoms with Gasteiger partial charge in [-0.2, -0.15) is 0 Å². The van der Waals surface area contributed by atoms with Crippen LogP contribution in [0.3, 0.4) is 0 Å². The molecule has 3 heterocycles. The van der Waals surface area contributed by atoms with Crippen molar-refractivity contribution in [3.63, 3.8) is 0 Å². The summed E-state index contributed by atoms with van der Waals surface area (Å²) >= 11 is 7.88. The number of aromatic nitrogens is 2. The molecule has 3 aromatic rings. The van der Waals surface area contributed by atoms with Crippen LogP contribution in [-0.4, -0.2) is 26.5 Å². The predicted molar refractivity (Wildman–Crippen MR) is 96.3 cm³/mol. The molecule has 0 spiro atoms. The summed E-state index contributed by atoms with van der Waals surface area (Å²) < 4.78 is 0. The quantitative estimate of drug-likeness (QED) is 0.766. The van der Waals surface area contributed by atoms with E-state index >= 15 is 0 Å². The van der Waals surface area contributed by atoms with E-state index in [1.165, 1.54) is 5.56 Å². The maximum Gasteiger partial charge on any atom is 0.169 e. The summed E-state index contributed by atoms with van der Waals surface area (Å²) in [5.74, 6) is 1.01. The minimum absolute atomic E-state index is 0.197. The second kappa shape index (κ2) is 6.51. The molecule has 1 aliphatic rings. The van der Waals surface area contributed by atoms with Crippen molar-refractivity contribution in [2.45, 2.75) is 19.5 Å². The molecule has 0 bridgehead atoms. The van der Waals surface area contributed by atoms with Crippen LogP contribution in [-0.2, 0) is 19.5 Å². The Kier molecular flexibility index (Phi) is 4.22. The zero-order valence-electron chi connectivity index (χ0n) is 12.9. The molecular weight excluding hydrogens is 342 g/mol. The number of halogens is 1. The minimum Gasteiger partial charge on any atom is -0.508 e. The number of rotatable bonds is 3. The molecule has 1 aliphatic heterocycles. The highest BCUT2D eigenvalue weighted by molar-refractivity contribution is 7.13. The molecular formula is C18H16ClN3OS. The van der Waals surface area contributed by atoms with E-state index in [9.17, 15) is 5.11 Å². The molecule has 6 heteroatoms. The predicted octanol–water partition coefficient (Wildman–Crippen LogP) is 4.12. The van der Waals surface area contributed by atoms with E-state index in [4.69, 9.17) is 16.6 Å². The van der Waals surface area contributed by atoms with Crippen molar-refractivity contribution in [3.8, 4) is 16.5 Å². The number of phenolic OH excluding ortho intramolecular Hbond substituents is 1. The Morgan fingerprint density at radius 2 is 2.21 bits per heavy atom. The average Bonchev–Trinajstić information content (AvgIpc) is 3.11. The molecule has 0 saturated heterocycles. The average molecular weight is 358 g/mol. The van der Waals surface area contributed by atoms with Gasteiger partial charge in [-0.05, 0) is 29.1 Å². The number of benzene rings is 1. The number of aromatic hydroxyl groups is 1. The van der Waals surface area contributed by atoms with Crippen molar-refractivity contribution in [1.82, 2.24) is 14.9 Å². The van der Waals surface area contributed by atoms with Gasteiger partial charge < -0.3 is 5.11 Å². The highest BCUT2D eigenvalue weighted by Gasteiger charge is 2.19. The van der Waals surface area contributed by atoms with Crippen LogP contribution in [0.15, 0.2) is 41.9 Å². The summed E-state index contributed by atoms with van der Waals surface area (Å²) in [5, 5.41) is 12.1. The molecule has 0 amide bonds. The van der Waals surface area contributed by atoms with Crippen LogP contribution in [0.1, 0.15) is 16.8 Å². The van der Waals surface area contributed by atoms with E-state index in [1.807, 2.05) is 29.8 Å². The molecule has 4 nitrogen and oxygen atoms in total. The van der Waals surface area contributed by atoms with Gasteiger partial charge in [0.15, 0.2) is 5.82 Å². The fourth-order valence-corrected chi connectivity index (χ4v) is 3.84. The molecule has 122 valence electrons. The molecule has 0 radical (unpaired) electrons. The maximum atomic E-state index is 9.46. The van der Waals surface area contributed by atoms with E-state index in [1.54, 1.807) is 23.5 Å². The van der Waals surface area contributed by atoms with Crippen LogP contribution in [0, 0.1) is 0 Å². The first-order chi connectivity index (χ1) is 11.7. The molecule has 1 aromatic carbocycles. The Hall–Kier alpha value is -1.95. The topological polar surface area (TPSA) is 49.2 Å². The number of nitrogens with zero attached hydrogens (tertiary/aromatic N) is 3. The first-order valence-corrected chi connectivity index (χ1v) is 9.03. The lowest BCUT2D eigenvalue weighted by molar-refractivity contribution is 0.243. The standard InChI is InChI=1S/C18H16ClN3OS/c19-15-8-14(23)4-3-12(15)10-22-6-5-16-13(11-22)9-20-18(21-16)17-2-1-7-24-17/h1-4,7-9,23H,5-6,10-11H2. The van der Waals surface area contributed by atoms with Gasteiger partial charge in [-0.3, -0.25) is 4.90 Å². The first-order valence-electron chi connectivity index (χ1n) is 7.77. The second-order valence-corrected chi connectivity index (χ2v) is 7.23. The van der Waals surface area contributed by atoms with Gasteiger partial charge in [-0.15, -0.1) is 11.3 Å². The van der Waals surface area contributed by atoms with Gasteiger partial charge in [0.25, 0.3) is 0 Å². The Morgan fingerprint density at radius 3 is 3.00 bits per heavy atom. The lowest BCUT2D eigenvalue weighted by atomic mass is 10.1. The fraction of sp³-hybridized carbons (Fsp3) is 0.222. The summed E-state index contributed by atoms with van der Waals surface area (Å²) in [6.07, 6.45) is 2.86. The third-order valence-corrected chi connectivity index (χ3v) is 5.40. The number of fused-ring (bicyclic) bond motifs is 1. The third kappa shape index (κ3) is 3.15. The smallest absolute Gasteiger partial charge is 0.169 e. The Bertz CT molecular complexity index is 867. The minimum atomic E-state index is 0.197. The van der Waals surface area contributed by atoms with Gasteiger partial charge in [0.1, 0.15) is 5.75 Å². The molecule has 4 rings (SSSR count). The van der Waals surface area contributed by atoms with Crippen molar-refractivity contribution >= 4 is 22.9 Å². The lowest BCUT2D eigenvalue weighted by Crippen LogP contribution is -2.31. The van der Waals surface area contributed by atoms with Gasteiger partial charge in [0, 0.05) is 42.8 Å². The fourth-order valence-electron chi connectivity index (χ4n) is 2.94. The lowest BCUT2D eigenvalue weighted by Gasteiger charge is -2.28. The van der Waals surface area contributed by atoms with E-state index < -0.39 is 0 Å². The number of hydrogen-bond donors (Lipinski definition) is 1. The molecule has 0 fully saturated rings. The van der Waals surface area contributed by atoms with Crippen LogP contribution in [0.2, 0.25) is 5.02 Å². The SMILES string of the molecule is Oc1ccc(CN2CCc3nc(-c4cccs4)ncc3C2)c(Cl)c1. The van der Waals surface area contributed by atoms with Gasteiger partial charge in [-0.25, -0.2) is 9.97 Å². The van der Waals surface area contributed by atoms with Crippen LogP contribution in [0.4, 0.5) is 0 Å². The molecule has 2 aromatic heterocycles. The number of thiophene rings is 1. The van der Waals surface area contributed by atoms with Crippen molar-refractivity contribution < 1.29 is 5.11 Å². The van der Waals surface area contributed by atoms with Gasteiger partial charge in [0.05, 0.1) is 10.6 Å². The second-order valence-electron chi connectivity index (χ2n) is 5.88. The zero-order valence-corrected chi connectivity index (χ0v) is 14.5. The van der Waals surface area contributed by atoms with E-state index in [-0.39, 0.29) is 5.75 Å². The van der Waals surface area contributed by atoms with E-state index in [0.29, 0.717) is 5.02 Å². The Labute approximate surface area is 149 Å². The normalized spacial score (nSPS) is 14.5. The summed E-state index contributed by atoms with van der Waals surface area (Å²) in [7, 11) is 0. The van der Waals surface area contributed by atoms with Crippen molar-refractivity contribution in [1.29, 1.82) is 0 Å². The van der Waals surface area contributed by atoms with Crippen molar-refractivity contribution in [2.24, 2.45) is 0 Å². The summed E-state index contributed by atoms with van der Waals surface area (Å²) in [5.41, 5.74) is 3.34. The van der Waals surface area contributed by atoms with Crippen LogP contribution < -0.4 is 0 Å². The number of hydrogen-bond acceptors (Lipinski definition) is 5. The molecule has 24 heavy (non-hydrogen) atoms. The van der Waals surface area contributed by atoms with Gasteiger partial charge >= 0.3 is 0 Å². The molecule has 0 saturated carbocycles. The van der Waals surface area contributed by atoms with Gasteiger partial charge in [-0.1, -0.05) is 23.7 Å². The summed E-state index contributed by atoms with van der Waals surface area (Å²) in [6, 6.07) is 9.21. The Balaban J connectivity index is 1.52. The summed E-state index contributed by atoms with van der Waals surface area (Å²) in [6.45, 7) is 2.51. The van der Waals surface area contributed by atoms with Crippen molar-refractivity contribution in [3.05, 3.63) is 63.8 Å². The van der Waals surface area contributed by atoms with Crippen LogP contribution in [0.25, 0.3) is 10.7 Å². The monoisotopic (exact) mass is 357 g/mol. The molecule has 0 unspecified atom stereocenters. The maximum absolute atomic E-state index is 9.46. The zero-order chi connectivity index (χ0) is 16.5.